The highest BCUT2D eigenvalue weighted by atomic mass is 16.4. The predicted octanol–water partition coefficient (Wildman–Crippen LogP) is 3.51. The van der Waals surface area contributed by atoms with E-state index in [0.29, 0.717) is 0 Å². The quantitative estimate of drug-likeness (QED) is 0.763. The molecule has 0 aliphatic carbocycles. The monoisotopic (exact) mass is 220 g/mol. The van der Waals surface area contributed by atoms with Crippen LogP contribution in [0.4, 0.5) is 0 Å². The van der Waals surface area contributed by atoms with Crippen molar-refractivity contribution in [3.8, 4) is 0 Å². The van der Waals surface area contributed by atoms with Crippen molar-refractivity contribution in [3.63, 3.8) is 0 Å². The van der Waals surface area contributed by atoms with E-state index in [-0.39, 0.29) is 5.92 Å². The Morgan fingerprint density at radius 2 is 1.94 bits per heavy atom. The summed E-state index contributed by atoms with van der Waals surface area (Å²) < 4.78 is 0. The maximum atomic E-state index is 11.0. The lowest BCUT2D eigenvalue weighted by Crippen LogP contribution is -2.14. The van der Waals surface area contributed by atoms with Crippen LogP contribution in [-0.2, 0) is 11.2 Å². The second kappa shape index (κ2) is 7.04. The van der Waals surface area contributed by atoms with Gasteiger partial charge in [-0.1, -0.05) is 50.1 Å². The minimum Gasteiger partial charge on any atom is -0.481 e. The molecule has 2 nitrogen and oxygen atoms in total. The molecule has 0 saturated carbocycles. The number of hydrogen-bond acceptors (Lipinski definition) is 1. The lowest BCUT2D eigenvalue weighted by atomic mass is 9.95. The zero-order chi connectivity index (χ0) is 11.8. The van der Waals surface area contributed by atoms with Crippen LogP contribution in [0.1, 0.15) is 38.2 Å². The predicted molar refractivity (Wildman–Crippen MR) is 65.4 cm³/mol. The highest BCUT2D eigenvalue weighted by molar-refractivity contribution is 5.69. The van der Waals surface area contributed by atoms with Gasteiger partial charge in [0, 0.05) is 0 Å². The molecule has 1 N–H and O–H groups in total. The number of benzene rings is 1. The molecule has 0 aromatic heterocycles. The highest BCUT2D eigenvalue weighted by Crippen LogP contribution is 2.16. The van der Waals surface area contributed by atoms with Gasteiger partial charge >= 0.3 is 5.97 Å². The smallest absolute Gasteiger partial charge is 0.306 e. The van der Waals surface area contributed by atoms with Crippen LogP contribution in [0.5, 0.6) is 0 Å². The van der Waals surface area contributed by atoms with E-state index in [1.807, 2.05) is 18.2 Å². The van der Waals surface area contributed by atoms with Gasteiger partial charge < -0.3 is 5.11 Å². The normalized spacial score (nSPS) is 12.3. The molecule has 1 aromatic carbocycles. The SMILES string of the molecule is CCCCC(CCc1ccccc1)C(=O)O. The van der Waals surface area contributed by atoms with Crippen LogP contribution in [0.25, 0.3) is 0 Å². The molecular weight excluding hydrogens is 200 g/mol. The molecule has 0 radical (unpaired) electrons. The molecule has 0 saturated heterocycles. The summed E-state index contributed by atoms with van der Waals surface area (Å²) in [5, 5.41) is 9.08. The van der Waals surface area contributed by atoms with Crippen LogP contribution in [0.15, 0.2) is 30.3 Å². The first-order valence-electron chi connectivity index (χ1n) is 6.00. The molecule has 1 atom stereocenters. The molecule has 0 aliphatic heterocycles. The Balaban J connectivity index is 2.41. The van der Waals surface area contributed by atoms with E-state index in [0.717, 1.165) is 32.1 Å². The Morgan fingerprint density at radius 3 is 2.50 bits per heavy atom. The number of carbonyl (C=O) groups is 1. The summed E-state index contributed by atoms with van der Waals surface area (Å²) in [5.41, 5.74) is 1.23. The minimum absolute atomic E-state index is 0.180. The van der Waals surface area contributed by atoms with Gasteiger partial charge in [0.2, 0.25) is 0 Å². The molecule has 1 rings (SSSR count). The van der Waals surface area contributed by atoms with Gasteiger partial charge in [-0.15, -0.1) is 0 Å². The third-order valence-corrected chi connectivity index (χ3v) is 2.88. The van der Waals surface area contributed by atoms with Gasteiger partial charge in [-0.25, -0.2) is 0 Å². The van der Waals surface area contributed by atoms with E-state index in [4.69, 9.17) is 5.11 Å². The topological polar surface area (TPSA) is 37.3 Å². The van der Waals surface area contributed by atoms with E-state index in [1.54, 1.807) is 0 Å². The van der Waals surface area contributed by atoms with Crippen molar-refractivity contribution in [2.45, 2.75) is 39.0 Å². The molecule has 0 aliphatic rings. The number of aliphatic carboxylic acids is 1. The second-order valence-corrected chi connectivity index (χ2v) is 4.20. The summed E-state index contributed by atoms with van der Waals surface area (Å²) in [6.07, 6.45) is 4.49. The van der Waals surface area contributed by atoms with Crippen LogP contribution < -0.4 is 0 Å². The third-order valence-electron chi connectivity index (χ3n) is 2.88. The summed E-state index contributed by atoms with van der Waals surface area (Å²) >= 11 is 0. The second-order valence-electron chi connectivity index (χ2n) is 4.20. The van der Waals surface area contributed by atoms with Crippen LogP contribution in [0, 0.1) is 5.92 Å². The summed E-state index contributed by atoms with van der Waals surface area (Å²) in [7, 11) is 0. The summed E-state index contributed by atoms with van der Waals surface area (Å²) in [6, 6.07) is 10.1. The van der Waals surface area contributed by atoms with E-state index >= 15 is 0 Å². The highest BCUT2D eigenvalue weighted by Gasteiger charge is 2.16. The lowest BCUT2D eigenvalue weighted by Gasteiger charge is -2.11. The molecule has 2 heteroatoms. The number of carboxylic acid groups (broad SMARTS) is 1. The van der Waals surface area contributed by atoms with Crippen molar-refractivity contribution >= 4 is 5.97 Å². The van der Waals surface area contributed by atoms with Gasteiger partial charge in [0.15, 0.2) is 0 Å². The van der Waals surface area contributed by atoms with Gasteiger partial charge in [-0.05, 0) is 24.8 Å². The Bertz CT molecular complexity index is 306. The van der Waals surface area contributed by atoms with E-state index in [2.05, 4.69) is 19.1 Å². The first kappa shape index (κ1) is 12.8. The van der Waals surface area contributed by atoms with Crippen molar-refractivity contribution in [2.24, 2.45) is 5.92 Å². The molecule has 1 aromatic rings. The van der Waals surface area contributed by atoms with Crippen LogP contribution in [0.2, 0.25) is 0 Å². The molecule has 0 amide bonds. The Hall–Kier alpha value is -1.31. The van der Waals surface area contributed by atoms with E-state index < -0.39 is 5.97 Å². The van der Waals surface area contributed by atoms with Crippen molar-refractivity contribution in [3.05, 3.63) is 35.9 Å². The van der Waals surface area contributed by atoms with E-state index in [9.17, 15) is 4.79 Å². The van der Waals surface area contributed by atoms with Crippen LogP contribution >= 0.6 is 0 Å². The summed E-state index contributed by atoms with van der Waals surface area (Å²) in [4.78, 5) is 11.0. The number of unbranched alkanes of at least 4 members (excludes halogenated alkanes) is 1. The molecule has 0 bridgehead atoms. The molecule has 0 heterocycles. The Labute approximate surface area is 97.3 Å². The lowest BCUT2D eigenvalue weighted by molar-refractivity contribution is -0.142. The Kier molecular flexibility index (Phi) is 5.62. The average molecular weight is 220 g/mol. The molecule has 16 heavy (non-hydrogen) atoms. The maximum absolute atomic E-state index is 11.0. The van der Waals surface area contributed by atoms with Gasteiger partial charge in [0.1, 0.15) is 0 Å². The first-order chi connectivity index (χ1) is 7.74. The fourth-order valence-corrected chi connectivity index (χ4v) is 1.83. The number of hydrogen-bond donors (Lipinski definition) is 1. The number of carboxylic acids is 1. The Morgan fingerprint density at radius 1 is 1.25 bits per heavy atom. The first-order valence-corrected chi connectivity index (χ1v) is 6.00. The minimum atomic E-state index is -0.649. The molecule has 0 spiro atoms. The third kappa shape index (κ3) is 4.47. The van der Waals surface area contributed by atoms with Gasteiger partial charge in [0.25, 0.3) is 0 Å². The average Bonchev–Trinajstić information content (AvgIpc) is 2.30. The van der Waals surface area contributed by atoms with Crippen molar-refractivity contribution in [2.75, 3.05) is 0 Å². The molecule has 88 valence electrons. The fourth-order valence-electron chi connectivity index (χ4n) is 1.83. The molecular formula is C14H20O2. The van der Waals surface area contributed by atoms with Crippen LogP contribution in [0.3, 0.4) is 0 Å². The van der Waals surface area contributed by atoms with Gasteiger partial charge in [0.05, 0.1) is 5.92 Å². The van der Waals surface area contributed by atoms with Gasteiger partial charge in [-0.2, -0.15) is 0 Å². The number of rotatable bonds is 7. The van der Waals surface area contributed by atoms with Crippen LogP contribution in [-0.4, -0.2) is 11.1 Å². The van der Waals surface area contributed by atoms with Crippen molar-refractivity contribution in [1.29, 1.82) is 0 Å². The standard InChI is InChI=1S/C14H20O2/c1-2-3-9-13(14(15)16)11-10-12-7-5-4-6-8-12/h4-8,13H,2-3,9-11H2,1H3,(H,15,16). The van der Waals surface area contributed by atoms with E-state index in [1.165, 1.54) is 5.56 Å². The maximum Gasteiger partial charge on any atom is 0.306 e. The van der Waals surface area contributed by atoms with Crippen molar-refractivity contribution < 1.29 is 9.90 Å². The van der Waals surface area contributed by atoms with Crippen molar-refractivity contribution in [1.82, 2.24) is 0 Å². The number of aryl methyl sites for hydroxylation is 1. The summed E-state index contributed by atoms with van der Waals surface area (Å²) in [6.45, 7) is 2.09. The fraction of sp³-hybridized carbons (Fsp3) is 0.500. The zero-order valence-electron chi connectivity index (χ0n) is 9.86. The van der Waals surface area contributed by atoms with Gasteiger partial charge in [-0.3, -0.25) is 4.79 Å². The summed E-state index contributed by atoms with van der Waals surface area (Å²) in [5.74, 6) is -0.829. The zero-order valence-corrected chi connectivity index (χ0v) is 9.86. The molecule has 0 fully saturated rings. The molecule has 1 unspecified atom stereocenters. The largest absolute Gasteiger partial charge is 0.481 e.